The SMILES string of the molecule is c1ccc(Cn2cc3ccc(-c4cc(C5CCCNCC5)n5ncncc45)cc3n2)cc1. The van der Waals surface area contributed by atoms with Gasteiger partial charge in [-0.3, -0.25) is 4.68 Å². The number of hydrogen-bond donors (Lipinski definition) is 1. The van der Waals surface area contributed by atoms with Crippen molar-refractivity contribution in [3.05, 3.63) is 84.6 Å². The predicted octanol–water partition coefficient (Wildman–Crippen LogP) is 4.65. The topological polar surface area (TPSA) is 60.0 Å². The first kappa shape index (κ1) is 19.2. The van der Waals surface area contributed by atoms with E-state index in [9.17, 15) is 0 Å². The molecule has 0 amide bonds. The zero-order valence-corrected chi connectivity index (χ0v) is 18.0. The molecule has 0 aliphatic carbocycles. The molecular weight excluding hydrogens is 396 g/mol. The lowest BCUT2D eigenvalue weighted by atomic mass is 9.96. The Morgan fingerprint density at radius 2 is 1.94 bits per heavy atom. The summed E-state index contributed by atoms with van der Waals surface area (Å²) in [6, 6.07) is 19.3. The summed E-state index contributed by atoms with van der Waals surface area (Å²) in [7, 11) is 0. The second kappa shape index (κ2) is 8.20. The lowest BCUT2D eigenvalue weighted by Crippen LogP contribution is -2.14. The number of hydrogen-bond acceptors (Lipinski definition) is 4. The van der Waals surface area contributed by atoms with Gasteiger partial charge >= 0.3 is 0 Å². The van der Waals surface area contributed by atoms with Crippen LogP contribution < -0.4 is 5.32 Å². The van der Waals surface area contributed by atoms with Gasteiger partial charge in [-0.15, -0.1) is 0 Å². The van der Waals surface area contributed by atoms with Crippen LogP contribution in [0.2, 0.25) is 0 Å². The van der Waals surface area contributed by atoms with Gasteiger partial charge in [0.25, 0.3) is 0 Å². The molecule has 0 bridgehead atoms. The highest BCUT2D eigenvalue weighted by atomic mass is 15.3. The van der Waals surface area contributed by atoms with E-state index in [0.29, 0.717) is 5.92 Å². The molecule has 0 radical (unpaired) electrons. The maximum absolute atomic E-state index is 4.85. The molecule has 1 aliphatic rings. The lowest BCUT2D eigenvalue weighted by Gasteiger charge is -2.12. The molecule has 0 spiro atoms. The highest BCUT2D eigenvalue weighted by molar-refractivity contribution is 5.89. The van der Waals surface area contributed by atoms with Crippen LogP contribution in [-0.2, 0) is 6.54 Å². The summed E-state index contributed by atoms with van der Waals surface area (Å²) in [5.41, 5.74) is 6.94. The predicted molar refractivity (Wildman–Crippen MR) is 127 cm³/mol. The maximum Gasteiger partial charge on any atom is 0.136 e. The molecule has 1 fully saturated rings. The number of nitrogens with one attached hydrogen (secondary N) is 1. The van der Waals surface area contributed by atoms with Gasteiger partial charge in [0.1, 0.15) is 6.33 Å². The first-order valence-electron chi connectivity index (χ1n) is 11.4. The largest absolute Gasteiger partial charge is 0.317 e. The molecule has 32 heavy (non-hydrogen) atoms. The lowest BCUT2D eigenvalue weighted by molar-refractivity contribution is 0.577. The highest BCUT2D eigenvalue weighted by Crippen LogP contribution is 2.35. The van der Waals surface area contributed by atoms with E-state index in [4.69, 9.17) is 5.10 Å². The molecule has 2 aromatic carbocycles. The van der Waals surface area contributed by atoms with Crippen molar-refractivity contribution in [2.75, 3.05) is 13.1 Å². The molecule has 6 heteroatoms. The van der Waals surface area contributed by atoms with Crippen LogP contribution in [0, 0.1) is 0 Å². The molecule has 1 N–H and O–H groups in total. The van der Waals surface area contributed by atoms with Crippen molar-refractivity contribution < 1.29 is 0 Å². The van der Waals surface area contributed by atoms with Crippen molar-refractivity contribution in [3.63, 3.8) is 0 Å². The third-order valence-electron chi connectivity index (χ3n) is 6.52. The third kappa shape index (κ3) is 3.56. The summed E-state index contributed by atoms with van der Waals surface area (Å²) < 4.78 is 4.12. The highest BCUT2D eigenvalue weighted by Gasteiger charge is 2.21. The quantitative estimate of drug-likeness (QED) is 0.458. The van der Waals surface area contributed by atoms with E-state index in [1.54, 1.807) is 6.33 Å². The molecule has 6 nitrogen and oxygen atoms in total. The smallest absolute Gasteiger partial charge is 0.136 e. The zero-order valence-electron chi connectivity index (χ0n) is 18.0. The number of aromatic nitrogens is 5. The minimum absolute atomic E-state index is 0.509. The Morgan fingerprint density at radius 3 is 2.88 bits per heavy atom. The minimum atomic E-state index is 0.509. The second-order valence-electron chi connectivity index (χ2n) is 8.65. The number of rotatable bonds is 4. The van der Waals surface area contributed by atoms with Crippen LogP contribution in [0.15, 0.2) is 73.3 Å². The Hall–Kier alpha value is -3.51. The summed E-state index contributed by atoms with van der Waals surface area (Å²) in [5.74, 6) is 0.509. The van der Waals surface area contributed by atoms with Gasteiger partial charge < -0.3 is 5.32 Å². The van der Waals surface area contributed by atoms with E-state index in [-0.39, 0.29) is 0 Å². The van der Waals surface area contributed by atoms with E-state index < -0.39 is 0 Å². The fraction of sp³-hybridized carbons (Fsp3) is 0.269. The number of benzene rings is 2. The Morgan fingerprint density at radius 1 is 1.00 bits per heavy atom. The van der Waals surface area contributed by atoms with Crippen LogP contribution in [0.3, 0.4) is 0 Å². The van der Waals surface area contributed by atoms with Crippen molar-refractivity contribution in [1.82, 2.24) is 29.7 Å². The van der Waals surface area contributed by atoms with Gasteiger partial charge in [-0.1, -0.05) is 42.5 Å². The van der Waals surface area contributed by atoms with E-state index >= 15 is 0 Å². The maximum atomic E-state index is 4.85. The molecule has 0 saturated carbocycles. The third-order valence-corrected chi connectivity index (χ3v) is 6.52. The monoisotopic (exact) mass is 422 g/mol. The van der Waals surface area contributed by atoms with Crippen LogP contribution in [-0.4, -0.2) is 37.5 Å². The Bertz CT molecular complexity index is 1360. The van der Waals surface area contributed by atoms with Crippen molar-refractivity contribution in [2.45, 2.75) is 31.7 Å². The van der Waals surface area contributed by atoms with Crippen LogP contribution in [0.25, 0.3) is 27.5 Å². The van der Waals surface area contributed by atoms with Crippen LogP contribution in [0.5, 0.6) is 0 Å². The van der Waals surface area contributed by atoms with Gasteiger partial charge in [0.2, 0.25) is 0 Å². The zero-order chi connectivity index (χ0) is 21.3. The molecule has 4 heterocycles. The summed E-state index contributed by atoms with van der Waals surface area (Å²) in [4.78, 5) is 4.33. The van der Waals surface area contributed by atoms with E-state index in [1.165, 1.54) is 29.7 Å². The van der Waals surface area contributed by atoms with Gasteiger partial charge in [0.05, 0.1) is 23.8 Å². The van der Waals surface area contributed by atoms with Gasteiger partial charge in [0.15, 0.2) is 0 Å². The molecule has 3 aromatic heterocycles. The summed E-state index contributed by atoms with van der Waals surface area (Å²) in [6.07, 6.45) is 9.22. The van der Waals surface area contributed by atoms with Crippen molar-refractivity contribution in [3.8, 4) is 11.1 Å². The fourth-order valence-electron chi connectivity index (χ4n) is 4.90. The average molecular weight is 423 g/mol. The van der Waals surface area contributed by atoms with Gasteiger partial charge in [-0.05, 0) is 55.6 Å². The Labute approximate surface area is 186 Å². The fourth-order valence-corrected chi connectivity index (χ4v) is 4.90. The summed E-state index contributed by atoms with van der Waals surface area (Å²) in [5, 5.41) is 14.1. The second-order valence-corrected chi connectivity index (χ2v) is 8.65. The Kier molecular flexibility index (Phi) is 4.92. The molecule has 6 rings (SSSR count). The minimum Gasteiger partial charge on any atom is -0.317 e. The standard InChI is InChI=1S/C26H26N6/c1-2-5-19(6-3-1)16-31-17-22-9-8-21(13-24(22)30-31)23-14-25(20-7-4-11-27-12-10-20)32-26(23)15-28-18-29-32/h1-3,5-6,8-9,13-15,17-18,20,27H,4,7,10-12,16H2. The number of fused-ring (bicyclic) bond motifs is 2. The van der Waals surface area contributed by atoms with Crippen LogP contribution in [0.4, 0.5) is 0 Å². The van der Waals surface area contributed by atoms with E-state index in [2.05, 4.69) is 74.6 Å². The van der Waals surface area contributed by atoms with Crippen molar-refractivity contribution in [1.29, 1.82) is 0 Å². The average Bonchev–Trinajstić information content (AvgIpc) is 3.30. The van der Waals surface area contributed by atoms with Crippen molar-refractivity contribution in [2.24, 2.45) is 0 Å². The molecule has 1 saturated heterocycles. The first-order chi connectivity index (χ1) is 15.8. The molecule has 1 aliphatic heterocycles. The van der Waals surface area contributed by atoms with E-state index in [1.807, 2.05) is 16.9 Å². The Balaban J connectivity index is 1.39. The first-order valence-corrected chi connectivity index (χ1v) is 11.4. The molecule has 1 unspecified atom stereocenters. The van der Waals surface area contributed by atoms with Crippen LogP contribution >= 0.6 is 0 Å². The summed E-state index contributed by atoms with van der Waals surface area (Å²) >= 11 is 0. The normalized spacial score (nSPS) is 17.1. The van der Waals surface area contributed by atoms with Crippen molar-refractivity contribution >= 4 is 16.4 Å². The van der Waals surface area contributed by atoms with Crippen LogP contribution in [0.1, 0.15) is 36.4 Å². The van der Waals surface area contributed by atoms with Gasteiger partial charge in [-0.25, -0.2) is 9.50 Å². The van der Waals surface area contributed by atoms with Gasteiger partial charge in [0, 0.05) is 28.8 Å². The molecule has 160 valence electrons. The number of nitrogens with zero attached hydrogens (tertiary/aromatic N) is 5. The molecular formula is C26H26N6. The molecule has 1 atom stereocenters. The summed E-state index contributed by atoms with van der Waals surface area (Å²) in [6.45, 7) is 2.93. The van der Waals surface area contributed by atoms with E-state index in [0.717, 1.165) is 48.0 Å². The molecule has 5 aromatic rings. The van der Waals surface area contributed by atoms with Gasteiger partial charge in [-0.2, -0.15) is 10.2 Å².